The van der Waals surface area contributed by atoms with Crippen LogP contribution in [0.25, 0.3) is 0 Å². The molecule has 2 nitrogen and oxygen atoms in total. The first kappa shape index (κ1) is 13.9. The Kier molecular flexibility index (Phi) is 3.78. The van der Waals surface area contributed by atoms with Crippen molar-refractivity contribution in [1.82, 2.24) is 0 Å². The van der Waals surface area contributed by atoms with E-state index in [1.54, 1.807) is 0 Å². The highest BCUT2D eigenvalue weighted by Crippen LogP contribution is 2.26. The van der Waals surface area contributed by atoms with E-state index in [-0.39, 0.29) is 5.78 Å². The average molecular weight is 280 g/mol. The lowest BCUT2D eigenvalue weighted by Gasteiger charge is -2.06. The number of benzene rings is 2. The van der Waals surface area contributed by atoms with Crippen molar-refractivity contribution in [2.45, 2.75) is 33.1 Å². The lowest BCUT2D eigenvalue weighted by Crippen LogP contribution is -2.02. The number of hydrogen-bond donors (Lipinski definition) is 0. The Morgan fingerprint density at radius 1 is 1.10 bits per heavy atom. The molecule has 3 rings (SSSR count). The molecule has 108 valence electrons. The molecule has 2 aromatic carbocycles. The number of Topliss-reactive ketones (excluding diaryl/α,β-unsaturated/α-hetero) is 1. The number of hydrogen-bond acceptors (Lipinski definition) is 2. The molecule has 0 saturated heterocycles. The van der Waals surface area contributed by atoms with Crippen LogP contribution < -0.4 is 4.74 Å². The van der Waals surface area contributed by atoms with Crippen molar-refractivity contribution in [3.8, 4) is 5.75 Å². The van der Waals surface area contributed by atoms with E-state index in [4.69, 9.17) is 4.74 Å². The quantitative estimate of drug-likeness (QED) is 0.790. The summed E-state index contributed by atoms with van der Waals surface area (Å²) >= 11 is 0. The van der Waals surface area contributed by atoms with E-state index in [9.17, 15) is 4.79 Å². The van der Waals surface area contributed by atoms with Gasteiger partial charge in [-0.15, -0.1) is 0 Å². The summed E-state index contributed by atoms with van der Waals surface area (Å²) in [4.78, 5) is 12.3. The van der Waals surface area contributed by atoms with Crippen LogP contribution in [-0.2, 0) is 12.8 Å². The molecular weight excluding hydrogens is 260 g/mol. The molecule has 0 radical (unpaired) electrons. The summed E-state index contributed by atoms with van der Waals surface area (Å²) in [7, 11) is 0. The van der Waals surface area contributed by atoms with E-state index < -0.39 is 0 Å². The van der Waals surface area contributed by atoms with Gasteiger partial charge in [0.15, 0.2) is 5.78 Å². The van der Waals surface area contributed by atoms with Crippen LogP contribution in [0.4, 0.5) is 0 Å². The summed E-state index contributed by atoms with van der Waals surface area (Å²) in [5, 5.41) is 0. The van der Waals surface area contributed by atoms with E-state index in [1.807, 2.05) is 31.2 Å². The first-order valence-corrected chi connectivity index (χ1v) is 7.48. The molecule has 0 aromatic heterocycles. The number of ketones is 1. The normalized spacial score (nSPS) is 12.9. The Hall–Kier alpha value is -2.09. The minimum atomic E-state index is 0.217. The Morgan fingerprint density at radius 3 is 2.76 bits per heavy atom. The SMILES string of the molecule is Cc1ccc(C(=O)CCc2ccc3c(c2)CCO3)cc1C. The molecule has 2 aromatic rings. The first-order valence-electron chi connectivity index (χ1n) is 7.48. The van der Waals surface area contributed by atoms with Crippen molar-refractivity contribution >= 4 is 5.78 Å². The monoisotopic (exact) mass is 280 g/mol. The second-order valence-corrected chi connectivity index (χ2v) is 5.76. The Labute approximate surface area is 125 Å². The Balaban J connectivity index is 1.67. The summed E-state index contributed by atoms with van der Waals surface area (Å²) in [6.07, 6.45) is 2.33. The van der Waals surface area contributed by atoms with Gasteiger partial charge in [-0.05, 0) is 54.7 Å². The van der Waals surface area contributed by atoms with Crippen LogP contribution in [0.3, 0.4) is 0 Å². The number of fused-ring (bicyclic) bond motifs is 1. The van der Waals surface area contributed by atoms with Crippen LogP contribution in [0.15, 0.2) is 36.4 Å². The molecule has 2 heteroatoms. The van der Waals surface area contributed by atoms with Crippen molar-refractivity contribution in [3.63, 3.8) is 0 Å². The number of ether oxygens (including phenoxy) is 1. The third-order valence-electron chi connectivity index (χ3n) is 4.22. The van der Waals surface area contributed by atoms with Gasteiger partial charge in [-0.2, -0.15) is 0 Å². The van der Waals surface area contributed by atoms with Crippen molar-refractivity contribution in [1.29, 1.82) is 0 Å². The second kappa shape index (κ2) is 5.72. The maximum absolute atomic E-state index is 12.3. The molecule has 0 bridgehead atoms. The zero-order chi connectivity index (χ0) is 14.8. The lowest BCUT2D eigenvalue weighted by atomic mass is 9.98. The number of carbonyl (C=O) groups excluding carboxylic acids is 1. The maximum atomic E-state index is 12.3. The van der Waals surface area contributed by atoms with Crippen molar-refractivity contribution in [2.24, 2.45) is 0 Å². The summed E-state index contributed by atoms with van der Waals surface area (Å²) < 4.78 is 5.51. The largest absolute Gasteiger partial charge is 0.493 e. The molecule has 21 heavy (non-hydrogen) atoms. The lowest BCUT2D eigenvalue weighted by molar-refractivity contribution is 0.0982. The predicted octanol–water partition coefficient (Wildman–Crippen LogP) is 4.05. The highest BCUT2D eigenvalue weighted by Gasteiger charge is 2.13. The van der Waals surface area contributed by atoms with Gasteiger partial charge in [-0.25, -0.2) is 0 Å². The van der Waals surface area contributed by atoms with Crippen molar-refractivity contribution < 1.29 is 9.53 Å². The van der Waals surface area contributed by atoms with E-state index in [2.05, 4.69) is 19.1 Å². The maximum Gasteiger partial charge on any atom is 0.163 e. The topological polar surface area (TPSA) is 26.3 Å². The Morgan fingerprint density at radius 2 is 1.95 bits per heavy atom. The smallest absolute Gasteiger partial charge is 0.163 e. The van der Waals surface area contributed by atoms with Crippen LogP contribution in [0, 0.1) is 13.8 Å². The number of rotatable bonds is 4. The zero-order valence-corrected chi connectivity index (χ0v) is 12.6. The third-order valence-corrected chi connectivity index (χ3v) is 4.22. The van der Waals surface area contributed by atoms with Gasteiger partial charge < -0.3 is 4.74 Å². The fourth-order valence-corrected chi connectivity index (χ4v) is 2.71. The van der Waals surface area contributed by atoms with Crippen LogP contribution in [0.1, 0.15) is 39.0 Å². The van der Waals surface area contributed by atoms with Gasteiger partial charge in [0, 0.05) is 18.4 Å². The predicted molar refractivity (Wildman–Crippen MR) is 84.2 cm³/mol. The first-order chi connectivity index (χ1) is 10.1. The second-order valence-electron chi connectivity index (χ2n) is 5.76. The molecule has 0 saturated carbocycles. The van der Waals surface area contributed by atoms with Crippen LogP contribution in [-0.4, -0.2) is 12.4 Å². The summed E-state index contributed by atoms with van der Waals surface area (Å²) in [5.74, 6) is 1.22. The fraction of sp³-hybridized carbons (Fsp3) is 0.316. The molecule has 0 unspecified atom stereocenters. The fourth-order valence-electron chi connectivity index (χ4n) is 2.71. The van der Waals surface area contributed by atoms with Gasteiger partial charge >= 0.3 is 0 Å². The zero-order valence-electron chi connectivity index (χ0n) is 12.6. The van der Waals surface area contributed by atoms with Gasteiger partial charge in [-0.3, -0.25) is 4.79 Å². The molecule has 0 aliphatic carbocycles. The van der Waals surface area contributed by atoms with Gasteiger partial charge in [-0.1, -0.05) is 24.3 Å². The van der Waals surface area contributed by atoms with Gasteiger partial charge in [0.2, 0.25) is 0 Å². The highest BCUT2D eigenvalue weighted by molar-refractivity contribution is 5.96. The molecule has 0 amide bonds. The van der Waals surface area contributed by atoms with Gasteiger partial charge in [0.1, 0.15) is 5.75 Å². The van der Waals surface area contributed by atoms with Crippen molar-refractivity contribution in [2.75, 3.05) is 6.61 Å². The van der Waals surface area contributed by atoms with Gasteiger partial charge in [0.25, 0.3) is 0 Å². The number of carbonyl (C=O) groups is 1. The average Bonchev–Trinajstić information content (AvgIpc) is 2.95. The molecular formula is C19H20O2. The van der Waals surface area contributed by atoms with E-state index in [0.717, 1.165) is 30.8 Å². The van der Waals surface area contributed by atoms with E-state index >= 15 is 0 Å². The Bertz CT molecular complexity index is 686. The molecule has 0 atom stereocenters. The van der Waals surface area contributed by atoms with Gasteiger partial charge in [0.05, 0.1) is 6.61 Å². The molecule has 0 spiro atoms. The molecule has 1 heterocycles. The van der Waals surface area contributed by atoms with E-state index in [1.165, 1.54) is 22.3 Å². The standard InChI is InChI=1S/C19H20O2/c1-13-3-6-16(11-14(13)2)18(20)7-4-15-5-8-19-17(12-15)9-10-21-19/h3,5-6,8,11-12H,4,7,9-10H2,1-2H3. The van der Waals surface area contributed by atoms with Crippen LogP contribution in [0.2, 0.25) is 0 Å². The van der Waals surface area contributed by atoms with E-state index in [0.29, 0.717) is 6.42 Å². The van der Waals surface area contributed by atoms with Crippen LogP contribution >= 0.6 is 0 Å². The minimum Gasteiger partial charge on any atom is -0.493 e. The molecule has 0 fully saturated rings. The molecule has 0 N–H and O–H groups in total. The number of aryl methyl sites for hydroxylation is 3. The highest BCUT2D eigenvalue weighted by atomic mass is 16.5. The molecule has 1 aliphatic rings. The van der Waals surface area contributed by atoms with Crippen LogP contribution in [0.5, 0.6) is 5.75 Å². The molecule has 1 aliphatic heterocycles. The summed E-state index contributed by atoms with van der Waals surface area (Å²) in [6, 6.07) is 12.2. The van der Waals surface area contributed by atoms with Crippen molar-refractivity contribution in [3.05, 3.63) is 64.2 Å². The minimum absolute atomic E-state index is 0.217. The summed E-state index contributed by atoms with van der Waals surface area (Å²) in [5.41, 5.74) is 5.71. The summed E-state index contributed by atoms with van der Waals surface area (Å²) in [6.45, 7) is 4.89. The third kappa shape index (κ3) is 2.99.